The molecule has 0 rings (SSSR count). The molecule has 3 N–H and O–H groups in total. The van der Waals surface area contributed by atoms with Gasteiger partial charge in [0.05, 0.1) is 13.2 Å². The first kappa shape index (κ1) is 13.4. The van der Waals surface area contributed by atoms with Crippen molar-refractivity contribution in [2.75, 3.05) is 40.4 Å². The van der Waals surface area contributed by atoms with Crippen LogP contribution in [-0.4, -0.2) is 57.2 Å². The summed E-state index contributed by atoms with van der Waals surface area (Å²) in [5, 5.41) is 2.74. The van der Waals surface area contributed by atoms with E-state index in [2.05, 4.69) is 5.32 Å². The first-order chi connectivity index (χ1) is 6.56. The number of methoxy groups -OCH3 is 1. The molecular weight excluding hydrogens is 182 g/mol. The Hall–Kier alpha value is -0.650. The van der Waals surface area contributed by atoms with Gasteiger partial charge in [-0.1, -0.05) is 0 Å². The number of nitrogens with one attached hydrogen (secondary N) is 1. The molecule has 1 unspecified atom stereocenters. The highest BCUT2D eigenvalue weighted by Crippen LogP contribution is 1.85. The predicted octanol–water partition coefficient (Wildman–Crippen LogP) is -0.972. The second-order valence-corrected chi connectivity index (χ2v) is 3.52. The van der Waals surface area contributed by atoms with Crippen molar-refractivity contribution in [2.24, 2.45) is 5.73 Å². The summed E-state index contributed by atoms with van der Waals surface area (Å²) in [5.74, 6) is 0.00481. The Balaban J connectivity index is 3.50. The van der Waals surface area contributed by atoms with Crippen LogP contribution in [0.1, 0.15) is 6.92 Å². The molecule has 14 heavy (non-hydrogen) atoms. The summed E-state index contributed by atoms with van der Waals surface area (Å²) >= 11 is 0. The van der Waals surface area contributed by atoms with E-state index in [9.17, 15) is 4.79 Å². The number of nitrogens with two attached hydrogens (primary N) is 1. The van der Waals surface area contributed by atoms with E-state index in [0.717, 1.165) is 6.54 Å². The maximum absolute atomic E-state index is 11.3. The predicted molar refractivity (Wildman–Crippen MR) is 56.0 cm³/mol. The number of hydrogen-bond acceptors (Lipinski definition) is 4. The fourth-order valence-electron chi connectivity index (χ4n) is 1.15. The average Bonchev–Trinajstić information content (AvgIpc) is 2.02. The van der Waals surface area contributed by atoms with E-state index in [4.69, 9.17) is 10.5 Å². The Bertz CT molecular complexity index is 162. The lowest BCUT2D eigenvalue weighted by Crippen LogP contribution is -2.40. The molecule has 5 heteroatoms. The Morgan fingerprint density at radius 1 is 1.64 bits per heavy atom. The zero-order valence-electron chi connectivity index (χ0n) is 9.25. The first-order valence-corrected chi connectivity index (χ1v) is 4.76. The van der Waals surface area contributed by atoms with Crippen molar-refractivity contribution in [1.82, 2.24) is 10.2 Å². The van der Waals surface area contributed by atoms with Gasteiger partial charge in [-0.05, 0) is 14.0 Å². The summed E-state index contributed by atoms with van der Waals surface area (Å²) < 4.78 is 4.81. The van der Waals surface area contributed by atoms with Gasteiger partial charge in [0, 0.05) is 26.2 Å². The topological polar surface area (TPSA) is 67.6 Å². The summed E-state index contributed by atoms with van der Waals surface area (Å²) in [5.41, 5.74) is 5.60. The minimum atomic E-state index is 0.00481. The van der Waals surface area contributed by atoms with Crippen LogP contribution in [0.3, 0.4) is 0 Å². The van der Waals surface area contributed by atoms with Gasteiger partial charge in [0.25, 0.3) is 0 Å². The van der Waals surface area contributed by atoms with Gasteiger partial charge in [-0.15, -0.1) is 0 Å². The Kier molecular flexibility index (Phi) is 7.37. The van der Waals surface area contributed by atoms with E-state index in [-0.39, 0.29) is 11.9 Å². The molecule has 0 aromatic carbocycles. The highest BCUT2D eigenvalue weighted by Gasteiger charge is 2.06. The fourth-order valence-corrected chi connectivity index (χ4v) is 1.15. The van der Waals surface area contributed by atoms with Crippen molar-refractivity contribution in [2.45, 2.75) is 13.0 Å². The molecule has 1 amide bonds. The minimum Gasteiger partial charge on any atom is -0.383 e. The molecule has 0 saturated heterocycles. The third-order valence-corrected chi connectivity index (χ3v) is 1.64. The summed E-state index contributed by atoms with van der Waals surface area (Å²) in [4.78, 5) is 13.2. The maximum atomic E-state index is 11.3. The molecule has 0 bridgehead atoms. The van der Waals surface area contributed by atoms with E-state index >= 15 is 0 Å². The molecule has 1 atom stereocenters. The number of carbonyl (C=O) groups excluding carboxylic acids is 1. The molecule has 0 aromatic rings. The van der Waals surface area contributed by atoms with Gasteiger partial charge in [-0.3, -0.25) is 9.69 Å². The number of nitrogens with zero attached hydrogens (tertiary/aromatic N) is 1. The first-order valence-electron chi connectivity index (χ1n) is 4.76. The Morgan fingerprint density at radius 2 is 2.29 bits per heavy atom. The van der Waals surface area contributed by atoms with E-state index in [0.29, 0.717) is 19.7 Å². The molecule has 0 aliphatic rings. The molecular formula is C9H21N3O2. The molecule has 0 aromatic heterocycles. The molecule has 84 valence electrons. The highest BCUT2D eigenvalue weighted by molar-refractivity contribution is 5.77. The number of ether oxygens (including phenoxy) is 1. The van der Waals surface area contributed by atoms with Gasteiger partial charge < -0.3 is 15.8 Å². The quantitative estimate of drug-likeness (QED) is 0.522. The van der Waals surface area contributed by atoms with Crippen LogP contribution in [0.4, 0.5) is 0 Å². The summed E-state index contributed by atoms with van der Waals surface area (Å²) in [6.45, 7) is 4.12. The third-order valence-electron chi connectivity index (χ3n) is 1.64. The van der Waals surface area contributed by atoms with E-state index in [1.54, 1.807) is 7.11 Å². The van der Waals surface area contributed by atoms with Gasteiger partial charge >= 0.3 is 0 Å². The fraction of sp³-hybridized carbons (Fsp3) is 0.889. The number of likely N-dealkylation sites (N-methyl/N-ethyl adjacent to an activating group) is 1. The van der Waals surface area contributed by atoms with Crippen molar-refractivity contribution < 1.29 is 9.53 Å². The van der Waals surface area contributed by atoms with E-state index < -0.39 is 0 Å². The molecule has 0 saturated carbocycles. The van der Waals surface area contributed by atoms with E-state index in [1.807, 2.05) is 18.9 Å². The molecule has 0 heterocycles. The highest BCUT2D eigenvalue weighted by atomic mass is 16.5. The van der Waals surface area contributed by atoms with Crippen molar-refractivity contribution in [1.29, 1.82) is 0 Å². The van der Waals surface area contributed by atoms with Crippen molar-refractivity contribution in [3.8, 4) is 0 Å². The minimum absolute atomic E-state index is 0.00481. The Morgan fingerprint density at radius 3 is 2.79 bits per heavy atom. The maximum Gasteiger partial charge on any atom is 0.234 e. The van der Waals surface area contributed by atoms with Crippen molar-refractivity contribution in [3.63, 3.8) is 0 Å². The summed E-state index contributed by atoms with van der Waals surface area (Å²) in [6, 6.07) is 0.0896. The van der Waals surface area contributed by atoms with Crippen LogP contribution in [0.15, 0.2) is 0 Å². The number of amides is 1. The molecule has 0 spiro atoms. The SMILES string of the molecule is COCCNC(=O)CN(C)CC(C)N. The number of hydrogen-bond donors (Lipinski definition) is 2. The lowest BCUT2D eigenvalue weighted by molar-refractivity contribution is -0.122. The average molecular weight is 203 g/mol. The second kappa shape index (κ2) is 7.73. The van der Waals surface area contributed by atoms with Crippen molar-refractivity contribution >= 4 is 5.91 Å². The normalized spacial score (nSPS) is 12.9. The van der Waals surface area contributed by atoms with Gasteiger partial charge in [0.1, 0.15) is 0 Å². The summed E-state index contributed by atoms with van der Waals surface area (Å²) in [7, 11) is 3.48. The number of rotatable bonds is 7. The van der Waals surface area contributed by atoms with Crippen LogP contribution in [-0.2, 0) is 9.53 Å². The van der Waals surface area contributed by atoms with E-state index in [1.165, 1.54) is 0 Å². The summed E-state index contributed by atoms with van der Waals surface area (Å²) in [6.07, 6.45) is 0. The second-order valence-electron chi connectivity index (χ2n) is 3.52. The van der Waals surface area contributed by atoms with Crippen LogP contribution >= 0.6 is 0 Å². The largest absolute Gasteiger partial charge is 0.383 e. The van der Waals surface area contributed by atoms with Gasteiger partial charge in [0.2, 0.25) is 5.91 Å². The van der Waals surface area contributed by atoms with Crippen LogP contribution in [0.2, 0.25) is 0 Å². The third kappa shape index (κ3) is 7.97. The van der Waals surface area contributed by atoms with Crippen LogP contribution in [0.5, 0.6) is 0 Å². The lowest BCUT2D eigenvalue weighted by atomic mass is 10.3. The van der Waals surface area contributed by atoms with Gasteiger partial charge in [0.15, 0.2) is 0 Å². The van der Waals surface area contributed by atoms with Crippen LogP contribution in [0.25, 0.3) is 0 Å². The zero-order chi connectivity index (χ0) is 11.0. The standard InChI is InChI=1S/C9H21N3O2/c1-8(10)6-12(2)7-9(13)11-4-5-14-3/h8H,4-7,10H2,1-3H3,(H,11,13). The van der Waals surface area contributed by atoms with Crippen LogP contribution in [0, 0.1) is 0 Å². The smallest absolute Gasteiger partial charge is 0.234 e. The molecule has 5 nitrogen and oxygen atoms in total. The van der Waals surface area contributed by atoms with Crippen LogP contribution < -0.4 is 11.1 Å². The zero-order valence-corrected chi connectivity index (χ0v) is 9.25. The number of carbonyl (C=O) groups is 1. The van der Waals surface area contributed by atoms with Crippen molar-refractivity contribution in [3.05, 3.63) is 0 Å². The monoisotopic (exact) mass is 203 g/mol. The Labute approximate surface area is 85.6 Å². The molecule has 0 fully saturated rings. The molecule has 0 radical (unpaired) electrons. The molecule has 0 aliphatic heterocycles. The molecule has 0 aliphatic carbocycles. The lowest BCUT2D eigenvalue weighted by Gasteiger charge is -2.18. The van der Waals surface area contributed by atoms with Gasteiger partial charge in [-0.2, -0.15) is 0 Å². The van der Waals surface area contributed by atoms with Gasteiger partial charge in [-0.25, -0.2) is 0 Å².